The molecular formula is C10H16N2O. The summed E-state index contributed by atoms with van der Waals surface area (Å²) >= 11 is 0. The normalized spacial score (nSPS) is 19.0. The SMILES string of the molecule is Cc1nc(CC2(C)CC2)oc1CN. The van der Waals surface area contributed by atoms with Gasteiger partial charge in [-0.1, -0.05) is 6.92 Å². The van der Waals surface area contributed by atoms with Crippen LogP contribution in [0.5, 0.6) is 0 Å². The Bertz CT molecular complexity index is 313. The van der Waals surface area contributed by atoms with Crippen molar-refractivity contribution in [3.05, 3.63) is 17.3 Å². The molecule has 0 atom stereocenters. The van der Waals surface area contributed by atoms with Crippen LogP contribution in [0.1, 0.15) is 37.1 Å². The lowest BCUT2D eigenvalue weighted by Gasteiger charge is -2.01. The zero-order valence-corrected chi connectivity index (χ0v) is 8.26. The summed E-state index contributed by atoms with van der Waals surface area (Å²) in [7, 11) is 0. The van der Waals surface area contributed by atoms with Crippen LogP contribution in [0.3, 0.4) is 0 Å². The Morgan fingerprint density at radius 1 is 1.54 bits per heavy atom. The smallest absolute Gasteiger partial charge is 0.195 e. The Morgan fingerprint density at radius 2 is 2.23 bits per heavy atom. The molecule has 3 heteroatoms. The van der Waals surface area contributed by atoms with E-state index < -0.39 is 0 Å². The highest BCUT2D eigenvalue weighted by Crippen LogP contribution is 2.47. The summed E-state index contributed by atoms with van der Waals surface area (Å²) in [5.41, 5.74) is 6.92. The molecule has 1 aromatic heterocycles. The largest absolute Gasteiger partial charge is 0.444 e. The highest BCUT2D eigenvalue weighted by Gasteiger charge is 2.38. The summed E-state index contributed by atoms with van der Waals surface area (Å²) in [5, 5.41) is 0. The number of rotatable bonds is 3. The minimum absolute atomic E-state index is 0.454. The summed E-state index contributed by atoms with van der Waals surface area (Å²) in [4.78, 5) is 4.36. The van der Waals surface area contributed by atoms with Crippen molar-refractivity contribution in [1.82, 2.24) is 4.98 Å². The zero-order valence-electron chi connectivity index (χ0n) is 8.26. The first-order valence-electron chi connectivity index (χ1n) is 4.78. The van der Waals surface area contributed by atoms with Gasteiger partial charge in [0.2, 0.25) is 0 Å². The van der Waals surface area contributed by atoms with Crippen LogP contribution in [0, 0.1) is 12.3 Å². The molecule has 0 saturated heterocycles. The zero-order chi connectivity index (χ0) is 9.47. The van der Waals surface area contributed by atoms with Crippen molar-refractivity contribution in [3.63, 3.8) is 0 Å². The third-order valence-corrected chi connectivity index (χ3v) is 2.80. The van der Waals surface area contributed by atoms with Gasteiger partial charge in [-0.3, -0.25) is 0 Å². The lowest BCUT2D eigenvalue weighted by atomic mass is 10.1. The average molecular weight is 180 g/mol. The second-order valence-electron chi connectivity index (χ2n) is 4.31. The Balaban J connectivity index is 2.12. The lowest BCUT2D eigenvalue weighted by molar-refractivity contribution is 0.411. The summed E-state index contributed by atoms with van der Waals surface area (Å²) < 4.78 is 5.54. The maximum atomic E-state index is 5.54. The van der Waals surface area contributed by atoms with Crippen LogP contribution in [-0.4, -0.2) is 4.98 Å². The van der Waals surface area contributed by atoms with Gasteiger partial charge < -0.3 is 10.2 Å². The molecule has 0 aromatic carbocycles. The molecule has 0 spiro atoms. The second-order valence-corrected chi connectivity index (χ2v) is 4.31. The second kappa shape index (κ2) is 2.84. The molecular weight excluding hydrogens is 164 g/mol. The fraction of sp³-hybridized carbons (Fsp3) is 0.700. The molecule has 72 valence electrons. The Labute approximate surface area is 78.3 Å². The van der Waals surface area contributed by atoms with Gasteiger partial charge in [0.1, 0.15) is 5.76 Å². The number of hydrogen-bond donors (Lipinski definition) is 1. The van der Waals surface area contributed by atoms with Gasteiger partial charge >= 0.3 is 0 Å². The van der Waals surface area contributed by atoms with Crippen LogP contribution < -0.4 is 5.73 Å². The van der Waals surface area contributed by atoms with Crippen LogP contribution in [0.4, 0.5) is 0 Å². The van der Waals surface area contributed by atoms with E-state index in [9.17, 15) is 0 Å². The minimum atomic E-state index is 0.454. The standard InChI is InChI=1S/C10H16N2O/c1-7-8(6-11)13-9(12-7)5-10(2)3-4-10/h3-6,11H2,1-2H3. The summed E-state index contributed by atoms with van der Waals surface area (Å²) in [5.74, 6) is 1.69. The molecule has 2 rings (SSSR count). The first-order valence-corrected chi connectivity index (χ1v) is 4.78. The quantitative estimate of drug-likeness (QED) is 0.771. The summed E-state index contributed by atoms with van der Waals surface area (Å²) in [6.45, 7) is 4.68. The first kappa shape index (κ1) is 8.75. The van der Waals surface area contributed by atoms with Gasteiger partial charge in [-0.25, -0.2) is 4.98 Å². The van der Waals surface area contributed by atoms with E-state index in [-0.39, 0.29) is 0 Å². The van der Waals surface area contributed by atoms with Crippen molar-refractivity contribution in [1.29, 1.82) is 0 Å². The molecule has 0 radical (unpaired) electrons. The maximum absolute atomic E-state index is 5.54. The van der Waals surface area contributed by atoms with Crippen LogP contribution in [0.2, 0.25) is 0 Å². The molecule has 1 heterocycles. The molecule has 1 aromatic rings. The fourth-order valence-electron chi connectivity index (χ4n) is 1.51. The van der Waals surface area contributed by atoms with E-state index >= 15 is 0 Å². The monoisotopic (exact) mass is 180 g/mol. The Morgan fingerprint density at radius 3 is 2.69 bits per heavy atom. The number of nitrogens with two attached hydrogens (primary N) is 1. The van der Waals surface area contributed by atoms with Gasteiger partial charge in [0.15, 0.2) is 5.89 Å². The van der Waals surface area contributed by atoms with E-state index in [1.165, 1.54) is 12.8 Å². The summed E-state index contributed by atoms with van der Waals surface area (Å²) in [6.07, 6.45) is 3.56. The average Bonchev–Trinajstić information content (AvgIpc) is 2.67. The topological polar surface area (TPSA) is 52.0 Å². The van der Waals surface area contributed by atoms with E-state index in [1.807, 2.05) is 6.92 Å². The Kier molecular flexibility index (Phi) is 1.91. The van der Waals surface area contributed by atoms with Gasteiger partial charge in [0.05, 0.1) is 12.2 Å². The predicted octanol–water partition coefficient (Wildman–Crippen LogP) is 1.78. The molecule has 1 aliphatic rings. The number of aromatic nitrogens is 1. The van der Waals surface area contributed by atoms with Gasteiger partial charge in [-0.15, -0.1) is 0 Å². The maximum Gasteiger partial charge on any atom is 0.195 e. The molecule has 0 amide bonds. The predicted molar refractivity (Wildman–Crippen MR) is 50.2 cm³/mol. The van der Waals surface area contributed by atoms with E-state index in [0.29, 0.717) is 12.0 Å². The van der Waals surface area contributed by atoms with E-state index in [2.05, 4.69) is 11.9 Å². The molecule has 0 aliphatic heterocycles. The van der Waals surface area contributed by atoms with Crippen molar-refractivity contribution in [3.8, 4) is 0 Å². The highest BCUT2D eigenvalue weighted by molar-refractivity contribution is 5.09. The number of aryl methyl sites for hydroxylation is 1. The van der Waals surface area contributed by atoms with Gasteiger partial charge in [0, 0.05) is 6.42 Å². The van der Waals surface area contributed by atoms with Crippen LogP contribution in [0.25, 0.3) is 0 Å². The third-order valence-electron chi connectivity index (χ3n) is 2.80. The third kappa shape index (κ3) is 1.75. The van der Waals surface area contributed by atoms with Crippen molar-refractivity contribution in [2.24, 2.45) is 11.1 Å². The number of nitrogens with zero attached hydrogens (tertiary/aromatic N) is 1. The molecule has 1 saturated carbocycles. The first-order chi connectivity index (χ1) is 6.13. The van der Waals surface area contributed by atoms with Crippen LogP contribution in [-0.2, 0) is 13.0 Å². The van der Waals surface area contributed by atoms with Gasteiger partial charge in [-0.05, 0) is 25.2 Å². The Hall–Kier alpha value is -0.830. The fourth-order valence-corrected chi connectivity index (χ4v) is 1.51. The molecule has 1 aliphatic carbocycles. The van der Waals surface area contributed by atoms with Crippen molar-refractivity contribution < 1.29 is 4.42 Å². The summed E-state index contributed by atoms with van der Waals surface area (Å²) in [6, 6.07) is 0. The lowest BCUT2D eigenvalue weighted by Crippen LogP contribution is -1.98. The van der Waals surface area contributed by atoms with E-state index in [4.69, 9.17) is 10.2 Å². The minimum Gasteiger partial charge on any atom is -0.444 e. The molecule has 0 bridgehead atoms. The van der Waals surface area contributed by atoms with Crippen LogP contribution >= 0.6 is 0 Å². The van der Waals surface area contributed by atoms with E-state index in [0.717, 1.165) is 23.8 Å². The highest BCUT2D eigenvalue weighted by atomic mass is 16.4. The molecule has 2 N–H and O–H groups in total. The molecule has 3 nitrogen and oxygen atoms in total. The molecule has 13 heavy (non-hydrogen) atoms. The van der Waals surface area contributed by atoms with Crippen molar-refractivity contribution >= 4 is 0 Å². The molecule has 1 fully saturated rings. The van der Waals surface area contributed by atoms with E-state index in [1.54, 1.807) is 0 Å². The molecule has 0 unspecified atom stereocenters. The number of oxazole rings is 1. The van der Waals surface area contributed by atoms with Crippen molar-refractivity contribution in [2.45, 2.75) is 39.7 Å². The number of hydrogen-bond acceptors (Lipinski definition) is 3. The van der Waals surface area contributed by atoms with Gasteiger partial charge in [-0.2, -0.15) is 0 Å². The van der Waals surface area contributed by atoms with Crippen LogP contribution in [0.15, 0.2) is 4.42 Å². The van der Waals surface area contributed by atoms with Gasteiger partial charge in [0.25, 0.3) is 0 Å². The van der Waals surface area contributed by atoms with Crippen molar-refractivity contribution in [2.75, 3.05) is 0 Å².